The molecule has 0 spiro atoms. The molecule has 3 rings (SSSR count). The Bertz CT molecular complexity index is 1110. The summed E-state index contributed by atoms with van der Waals surface area (Å²) >= 11 is 0. The number of anilines is 1. The minimum Gasteiger partial charge on any atom is -0.465 e. The molecule has 0 amide bonds. The maximum Gasteiger partial charge on any atom is 0.416 e. The Morgan fingerprint density at radius 3 is 2.32 bits per heavy atom. The van der Waals surface area contributed by atoms with Crippen molar-refractivity contribution in [1.82, 2.24) is 9.55 Å². The zero-order valence-electron chi connectivity index (χ0n) is 16.8. The van der Waals surface area contributed by atoms with Crippen molar-refractivity contribution in [3.8, 4) is 5.69 Å². The van der Waals surface area contributed by atoms with E-state index in [4.69, 9.17) is 9.47 Å². The highest BCUT2D eigenvalue weighted by Crippen LogP contribution is 2.37. The van der Waals surface area contributed by atoms with Crippen LogP contribution in [0.4, 0.5) is 18.9 Å². The Labute approximate surface area is 175 Å². The van der Waals surface area contributed by atoms with Gasteiger partial charge in [-0.15, -0.1) is 0 Å². The Kier molecular flexibility index (Phi) is 6.00. The molecule has 0 unspecified atom stereocenters. The van der Waals surface area contributed by atoms with Crippen LogP contribution in [0.1, 0.15) is 11.4 Å². The number of rotatable bonds is 4. The average Bonchev–Trinajstić information content (AvgIpc) is 3.04. The molecule has 162 valence electrons. The van der Waals surface area contributed by atoms with Gasteiger partial charge in [0, 0.05) is 18.6 Å². The fourth-order valence-electron chi connectivity index (χ4n) is 3.08. The normalized spacial score (nSPS) is 13.9. The van der Waals surface area contributed by atoms with Crippen molar-refractivity contribution in [2.24, 2.45) is 0 Å². The third kappa shape index (κ3) is 4.23. The largest absolute Gasteiger partial charge is 0.465 e. The number of hydrogen-bond donors (Lipinski definition) is 0. The summed E-state index contributed by atoms with van der Waals surface area (Å²) in [4.78, 5) is 30.3. The van der Waals surface area contributed by atoms with Crippen molar-refractivity contribution in [2.75, 3.05) is 19.1 Å². The first-order valence-electron chi connectivity index (χ1n) is 8.95. The molecule has 0 saturated carbocycles. The summed E-state index contributed by atoms with van der Waals surface area (Å²) in [6.07, 6.45) is 4.06. The lowest BCUT2D eigenvalue weighted by atomic mass is 10.1. The number of aromatic nitrogens is 2. The summed E-state index contributed by atoms with van der Waals surface area (Å²) in [5, 5.41) is 0. The number of esters is 2. The van der Waals surface area contributed by atoms with E-state index in [2.05, 4.69) is 4.98 Å². The molecule has 2 aromatic rings. The molecule has 10 heteroatoms. The van der Waals surface area contributed by atoms with Gasteiger partial charge in [-0.1, -0.05) is 6.08 Å². The van der Waals surface area contributed by atoms with Crippen molar-refractivity contribution in [3.05, 3.63) is 77.7 Å². The number of methoxy groups -OCH3 is 2. The zero-order chi connectivity index (χ0) is 22.8. The van der Waals surface area contributed by atoms with Gasteiger partial charge in [0.05, 0.1) is 36.7 Å². The van der Waals surface area contributed by atoms with Crippen LogP contribution in [0.25, 0.3) is 5.69 Å². The van der Waals surface area contributed by atoms with Gasteiger partial charge in [0.25, 0.3) is 0 Å². The zero-order valence-corrected chi connectivity index (χ0v) is 16.8. The highest BCUT2D eigenvalue weighted by atomic mass is 19.4. The molecule has 1 aromatic carbocycles. The van der Waals surface area contributed by atoms with E-state index in [1.165, 1.54) is 41.6 Å². The smallest absolute Gasteiger partial charge is 0.416 e. The van der Waals surface area contributed by atoms with E-state index in [-0.39, 0.29) is 17.0 Å². The SMILES string of the molecule is COC(=O)C1=C(C(=O)OC)N(c2cc(C(F)(F)F)ccc2-n2ccnc2C)C=CC=C1. The molecule has 0 saturated heterocycles. The summed E-state index contributed by atoms with van der Waals surface area (Å²) in [6.45, 7) is 1.68. The molecule has 1 aliphatic rings. The first-order valence-corrected chi connectivity index (χ1v) is 8.95. The lowest BCUT2D eigenvalue weighted by molar-refractivity contribution is -0.139. The molecule has 0 radical (unpaired) electrons. The maximum atomic E-state index is 13.5. The summed E-state index contributed by atoms with van der Waals surface area (Å²) in [6, 6.07) is 3.09. The van der Waals surface area contributed by atoms with Crippen LogP contribution < -0.4 is 4.90 Å². The summed E-state index contributed by atoms with van der Waals surface area (Å²) in [5.74, 6) is -1.27. The van der Waals surface area contributed by atoms with Gasteiger partial charge in [-0.2, -0.15) is 13.2 Å². The molecule has 0 atom stereocenters. The standard InChI is InChI=1S/C21H18F3N3O4/c1-13-25-9-11-26(13)16-8-7-14(21(22,23)24)12-17(16)27-10-5-4-6-15(19(28)30-2)18(27)20(29)31-3/h4-12H,1-3H3. The topological polar surface area (TPSA) is 73.7 Å². The van der Waals surface area contributed by atoms with E-state index >= 15 is 0 Å². The number of ether oxygens (including phenoxy) is 2. The lowest BCUT2D eigenvalue weighted by Gasteiger charge is -2.26. The molecule has 7 nitrogen and oxygen atoms in total. The number of alkyl halides is 3. The van der Waals surface area contributed by atoms with Crippen molar-refractivity contribution in [3.63, 3.8) is 0 Å². The summed E-state index contributed by atoms with van der Waals surface area (Å²) < 4.78 is 51.6. The van der Waals surface area contributed by atoms with Crippen molar-refractivity contribution >= 4 is 17.6 Å². The predicted octanol–water partition coefficient (Wildman–Crippen LogP) is 3.69. The number of carbonyl (C=O) groups is 2. The number of benzene rings is 1. The molecule has 0 N–H and O–H groups in total. The van der Waals surface area contributed by atoms with Crippen LogP contribution in [-0.4, -0.2) is 35.7 Å². The summed E-state index contributed by atoms with van der Waals surface area (Å²) in [7, 11) is 2.24. The first-order chi connectivity index (χ1) is 14.7. The van der Waals surface area contributed by atoms with Crippen LogP contribution in [-0.2, 0) is 25.2 Å². The van der Waals surface area contributed by atoms with Crippen LogP contribution in [0.2, 0.25) is 0 Å². The number of carbonyl (C=O) groups excluding carboxylic acids is 2. The van der Waals surface area contributed by atoms with Crippen LogP contribution in [0.15, 0.2) is 66.3 Å². The quantitative estimate of drug-likeness (QED) is 0.685. The molecule has 1 aliphatic heterocycles. The number of hydrogen-bond acceptors (Lipinski definition) is 6. The number of nitrogens with zero attached hydrogens (tertiary/aromatic N) is 3. The van der Waals surface area contributed by atoms with Crippen molar-refractivity contribution in [1.29, 1.82) is 0 Å². The van der Waals surface area contributed by atoms with Crippen LogP contribution in [0.5, 0.6) is 0 Å². The van der Waals surface area contributed by atoms with E-state index in [0.29, 0.717) is 11.5 Å². The van der Waals surface area contributed by atoms with Crippen molar-refractivity contribution < 1.29 is 32.2 Å². The molecule has 0 fully saturated rings. The van der Waals surface area contributed by atoms with E-state index in [9.17, 15) is 22.8 Å². The number of aryl methyl sites for hydroxylation is 1. The second-order valence-electron chi connectivity index (χ2n) is 6.36. The Hall–Kier alpha value is -3.82. The molecule has 31 heavy (non-hydrogen) atoms. The van der Waals surface area contributed by atoms with Gasteiger partial charge >= 0.3 is 18.1 Å². The van der Waals surface area contributed by atoms with E-state index in [1.54, 1.807) is 17.7 Å². The molecular formula is C21H18F3N3O4. The fourth-order valence-corrected chi connectivity index (χ4v) is 3.08. The van der Waals surface area contributed by atoms with Gasteiger partial charge in [-0.3, -0.25) is 0 Å². The van der Waals surface area contributed by atoms with Gasteiger partial charge in [0.1, 0.15) is 11.5 Å². The third-order valence-electron chi connectivity index (χ3n) is 4.54. The minimum absolute atomic E-state index is 0.0160. The number of halogens is 3. The molecular weight excluding hydrogens is 415 g/mol. The molecule has 1 aromatic heterocycles. The van der Waals surface area contributed by atoms with Gasteiger partial charge in [0.2, 0.25) is 0 Å². The predicted molar refractivity (Wildman–Crippen MR) is 105 cm³/mol. The van der Waals surface area contributed by atoms with Crippen LogP contribution in [0, 0.1) is 6.92 Å². The highest BCUT2D eigenvalue weighted by Gasteiger charge is 2.34. The Morgan fingerprint density at radius 2 is 1.74 bits per heavy atom. The van der Waals surface area contributed by atoms with Crippen LogP contribution >= 0.6 is 0 Å². The Morgan fingerprint density at radius 1 is 1.03 bits per heavy atom. The van der Waals surface area contributed by atoms with Gasteiger partial charge in [-0.25, -0.2) is 14.6 Å². The molecule has 2 heterocycles. The summed E-state index contributed by atoms with van der Waals surface area (Å²) in [5.41, 5.74) is -1.11. The minimum atomic E-state index is -4.63. The molecule has 0 bridgehead atoms. The van der Waals surface area contributed by atoms with E-state index in [1.807, 2.05) is 0 Å². The molecule has 0 aliphatic carbocycles. The van der Waals surface area contributed by atoms with E-state index in [0.717, 1.165) is 26.4 Å². The second-order valence-corrected chi connectivity index (χ2v) is 6.36. The van der Waals surface area contributed by atoms with Gasteiger partial charge in [0.15, 0.2) is 0 Å². The highest BCUT2D eigenvalue weighted by molar-refractivity contribution is 6.05. The Balaban J connectivity index is 2.35. The monoisotopic (exact) mass is 433 g/mol. The number of imidazole rings is 1. The van der Waals surface area contributed by atoms with Crippen LogP contribution in [0.3, 0.4) is 0 Å². The van der Waals surface area contributed by atoms with Gasteiger partial charge < -0.3 is 18.9 Å². The fraction of sp³-hybridized carbons (Fsp3) is 0.190. The number of allylic oxidation sites excluding steroid dienone is 2. The third-order valence-corrected chi connectivity index (χ3v) is 4.54. The van der Waals surface area contributed by atoms with Gasteiger partial charge in [-0.05, 0) is 37.3 Å². The average molecular weight is 433 g/mol. The second kappa shape index (κ2) is 8.50. The lowest BCUT2D eigenvalue weighted by Crippen LogP contribution is -2.28. The van der Waals surface area contributed by atoms with Crippen molar-refractivity contribution in [2.45, 2.75) is 13.1 Å². The van der Waals surface area contributed by atoms with E-state index < -0.39 is 23.7 Å². The first kappa shape index (κ1) is 21.9. The maximum absolute atomic E-state index is 13.5.